The normalized spacial score (nSPS) is 11.7. The average molecular weight is 825 g/mol. The Hall–Kier alpha value is -5.87. The molecule has 0 amide bonds. The van der Waals surface area contributed by atoms with Crippen LogP contribution in [-0.4, -0.2) is 68.3 Å². The van der Waals surface area contributed by atoms with Crippen molar-refractivity contribution >= 4 is 42.4 Å². The number of para-hydroxylation sites is 2. The Morgan fingerprint density at radius 1 is 0.545 bits per heavy atom. The number of nitrogens with zero attached hydrogens (tertiary/aromatic N) is 8. The zero-order chi connectivity index (χ0) is 39.2. The molecule has 55 heavy (non-hydrogen) atoms. The molecule has 16 nitrogen and oxygen atoms in total. The van der Waals surface area contributed by atoms with E-state index < -0.39 is 19.7 Å². The molecule has 2 aromatic heterocycles. The molecule has 0 unspecified atom stereocenters. The summed E-state index contributed by atoms with van der Waals surface area (Å²) in [6, 6.07) is 25.8. The topological polar surface area (TPSA) is 234 Å². The van der Waals surface area contributed by atoms with Crippen LogP contribution in [0.3, 0.4) is 0 Å². The molecule has 0 aliphatic heterocycles. The van der Waals surface area contributed by atoms with Gasteiger partial charge < -0.3 is 20.4 Å². The number of aromatic nitrogens is 4. The molecule has 0 atom stereocenters. The van der Waals surface area contributed by atoms with Crippen LogP contribution in [0.2, 0.25) is 0 Å². The number of phenolic OH excluding ortho intramolecular Hbond substituents is 2. The van der Waals surface area contributed by atoms with Crippen LogP contribution in [0, 0.1) is 13.8 Å². The van der Waals surface area contributed by atoms with Gasteiger partial charge in [0.15, 0.2) is 31.0 Å². The minimum absolute atomic E-state index is 0. The number of aryl methyl sites for hydroxylation is 2. The van der Waals surface area contributed by atoms with Crippen LogP contribution in [0.15, 0.2) is 127 Å². The van der Waals surface area contributed by atoms with Gasteiger partial charge in [0.25, 0.3) is 0 Å². The molecule has 6 rings (SSSR count). The first-order chi connectivity index (χ1) is 25.7. The Morgan fingerprint density at radius 2 is 0.891 bits per heavy atom. The van der Waals surface area contributed by atoms with Crippen LogP contribution in [0.1, 0.15) is 25.2 Å². The smallest absolute Gasteiger partial charge is 0.243 e. The number of benzene rings is 4. The van der Waals surface area contributed by atoms with Crippen LogP contribution >= 0.6 is 0 Å². The zero-order valence-electron chi connectivity index (χ0n) is 29.9. The van der Waals surface area contributed by atoms with Gasteiger partial charge in [-0.15, -0.1) is 20.5 Å². The van der Waals surface area contributed by atoms with E-state index in [4.69, 9.17) is 0 Å². The summed E-state index contributed by atoms with van der Waals surface area (Å²) < 4.78 is 50.1. The molecule has 0 radical (unpaired) electrons. The van der Waals surface area contributed by atoms with Crippen molar-refractivity contribution in [2.75, 3.05) is 11.5 Å². The van der Waals surface area contributed by atoms with Crippen molar-refractivity contribution in [3.05, 3.63) is 108 Å². The number of azo groups is 2. The molecule has 6 aromatic rings. The largest absolute Gasteiger partial charge is 0.506 e. The number of rotatable bonds is 10. The molecule has 0 spiro atoms. The Balaban J connectivity index is 0.000000240. The van der Waals surface area contributed by atoms with Gasteiger partial charge in [-0.3, -0.25) is 0 Å². The number of sulfone groups is 2. The molecular weight excluding hydrogens is 789 g/mol. The van der Waals surface area contributed by atoms with Gasteiger partial charge in [0.05, 0.1) is 44.1 Å². The third-order valence-electron chi connectivity index (χ3n) is 7.90. The third kappa shape index (κ3) is 9.45. The Kier molecular flexibility index (Phi) is 13.3. The van der Waals surface area contributed by atoms with E-state index in [1.165, 1.54) is 47.5 Å². The molecule has 0 fully saturated rings. The first-order valence-electron chi connectivity index (χ1n) is 16.3. The van der Waals surface area contributed by atoms with E-state index in [9.17, 15) is 37.3 Å². The van der Waals surface area contributed by atoms with Gasteiger partial charge in [-0.2, -0.15) is 19.6 Å². The molecule has 2 heterocycles. The van der Waals surface area contributed by atoms with Gasteiger partial charge in [0.1, 0.15) is 22.9 Å². The molecule has 0 saturated carbocycles. The summed E-state index contributed by atoms with van der Waals surface area (Å²) >= 11 is 0. The second-order valence-electron chi connectivity index (χ2n) is 11.5. The van der Waals surface area contributed by atoms with Crippen molar-refractivity contribution in [3.63, 3.8) is 0 Å². The van der Waals surface area contributed by atoms with E-state index in [-0.39, 0.29) is 84.7 Å². The fourth-order valence-corrected chi connectivity index (χ4v) is 6.65. The minimum Gasteiger partial charge on any atom is -0.506 e. The Morgan fingerprint density at radius 3 is 1.20 bits per heavy atom. The van der Waals surface area contributed by atoms with Crippen molar-refractivity contribution in [1.29, 1.82) is 0 Å². The van der Waals surface area contributed by atoms with Crippen molar-refractivity contribution in [2.24, 2.45) is 20.5 Å². The van der Waals surface area contributed by atoms with E-state index in [0.717, 1.165) is 12.1 Å². The maximum atomic E-state index is 11.9. The summed E-state index contributed by atoms with van der Waals surface area (Å²) in [5.41, 5.74) is 2.70. The minimum atomic E-state index is -3.43. The van der Waals surface area contributed by atoms with E-state index in [0.29, 0.717) is 22.8 Å². The third-order valence-corrected chi connectivity index (χ3v) is 11.4. The van der Waals surface area contributed by atoms with Gasteiger partial charge >= 0.3 is 0 Å². The molecule has 4 N–H and O–H groups in total. The summed E-state index contributed by atoms with van der Waals surface area (Å²) in [7, 11) is -6.86. The summed E-state index contributed by atoms with van der Waals surface area (Å²) in [6.07, 6.45) is 0. The van der Waals surface area contributed by atoms with E-state index >= 15 is 0 Å². The second-order valence-corrected chi connectivity index (χ2v) is 16.1. The monoisotopic (exact) mass is 824 g/mol. The number of hydrogen-bond donors (Lipinski definition) is 4. The predicted molar refractivity (Wildman–Crippen MR) is 200 cm³/mol. The first kappa shape index (κ1) is 41.9. The van der Waals surface area contributed by atoms with Crippen molar-refractivity contribution in [1.82, 2.24) is 19.6 Å². The van der Waals surface area contributed by atoms with Crippen molar-refractivity contribution < 1.29 is 54.6 Å². The summed E-state index contributed by atoms with van der Waals surface area (Å²) in [5, 5.41) is 65.2. The Labute approximate surface area is 327 Å². The maximum Gasteiger partial charge on any atom is 0.243 e. The predicted octanol–water partition coefficient (Wildman–Crippen LogP) is 7.60. The van der Waals surface area contributed by atoms with E-state index in [1.54, 1.807) is 38.1 Å². The van der Waals surface area contributed by atoms with Crippen LogP contribution in [-0.2, 0) is 37.0 Å². The van der Waals surface area contributed by atoms with Gasteiger partial charge in [0.2, 0.25) is 11.8 Å². The van der Waals surface area contributed by atoms with Crippen LogP contribution in [0.4, 0.5) is 22.7 Å². The average Bonchev–Trinajstić information content (AvgIpc) is 3.62. The molecule has 286 valence electrons. The second kappa shape index (κ2) is 17.5. The van der Waals surface area contributed by atoms with Gasteiger partial charge in [-0.05, 0) is 62.4 Å². The molecule has 0 aliphatic rings. The van der Waals surface area contributed by atoms with Gasteiger partial charge in [0, 0.05) is 29.5 Å². The molecule has 0 aliphatic carbocycles. The number of aromatic hydroxyl groups is 4. The fourth-order valence-electron chi connectivity index (χ4n) is 4.85. The van der Waals surface area contributed by atoms with Crippen LogP contribution < -0.4 is 0 Å². The molecule has 4 aromatic carbocycles. The SMILES string of the molecule is CCS(=O)(=O)c1ccc(N=Nc2c(C)nn(-c3ccccc3)c2O)c(O)c1.CCS(=O)(=O)c1ccc(N=Nc2c(C)nn(-c3ccccc3)c2O)c(O)c1.[Cr]. The van der Waals surface area contributed by atoms with Crippen LogP contribution in [0.5, 0.6) is 23.3 Å². The maximum absolute atomic E-state index is 11.9. The molecular formula is C36H36CrN8O8S2. The zero-order valence-corrected chi connectivity index (χ0v) is 32.8. The van der Waals surface area contributed by atoms with Gasteiger partial charge in [-0.1, -0.05) is 50.2 Å². The van der Waals surface area contributed by atoms with E-state index in [2.05, 4.69) is 30.7 Å². The van der Waals surface area contributed by atoms with Crippen LogP contribution in [0.25, 0.3) is 11.4 Å². The summed E-state index contributed by atoms with van der Waals surface area (Å²) in [4.78, 5) is 0.0229. The quantitative estimate of drug-likeness (QED) is 0.0987. The standard InChI is InChI=1S/2C18H18N4O4S.Cr/c2*1-3-27(25,26)14-9-10-15(16(23)11-14)19-20-17-12(2)21-22(18(17)24)13-7-5-4-6-8-13;/h2*4-11,23-24H,3H2,1-2H3;. The van der Waals surface area contributed by atoms with Crippen molar-refractivity contribution in [3.8, 4) is 34.6 Å². The first-order valence-corrected chi connectivity index (χ1v) is 19.6. The van der Waals surface area contributed by atoms with Gasteiger partial charge in [-0.25, -0.2) is 16.8 Å². The number of phenols is 2. The molecule has 19 heteroatoms. The summed E-state index contributed by atoms with van der Waals surface area (Å²) in [5.74, 6) is -1.15. The van der Waals surface area contributed by atoms with E-state index in [1.807, 2.05) is 36.4 Å². The van der Waals surface area contributed by atoms with Crippen molar-refractivity contribution in [2.45, 2.75) is 37.5 Å². The fraction of sp³-hybridized carbons (Fsp3) is 0.167. The molecule has 0 bridgehead atoms. The molecule has 0 saturated heterocycles. The Bertz CT molecular complexity index is 2400. The number of hydrogen-bond acceptors (Lipinski definition) is 14. The summed E-state index contributed by atoms with van der Waals surface area (Å²) in [6.45, 7) is 6.39.